The molecule has 0 aliphatic carbocycles. The third kappa shape index (κ3) is 0.464. The molecule has 0 saturated carbocycles. The standard InChI is InChI=1S/C7H4O4S/c1-3-4-2-5-6(10-4)7(3)12(8,9)11-5/h2H,1H3. The summed E-state index contributed by atoms with van der Waals surface area (Å²) in [4.78, 5) is 0.204. The minimum Gasteiger partial charge on any atom is -0.451 e. The van der Waals surface area contributed by atoms with Crippen LogP contribution in [-0.4, -0.2) is 8.42 Å². The largest absolute Gasteiger partial charge is 0.451 e. The van der Waals surface area contributed by atoms with E-state index >= 15 is 0 Å². The Morgan fingerprint density at radius 1 is 1.42 bits per heavy atom. The predicted molar refractivity (Wildman–Crippen MR) is 40.0 cm³/mol. The second-order valence-electron chi connectivity index (χ2n) is 2.80. The van der Waals surface area contributed by atoms with Gasteiger partial charge in [0.05, 0.1) is 0 Å². The Bertz CT molecular complexity index is 563. The van der Waals surface area contributed by atoms with Crippen LogP contribution in [0.5, 0.6) is 5.75 Å². The van der Waals surface area contributed by atoms with Crippen LogP contribution in [0, 0.1) is 6.92 Å². The van der Waals surface area contributed by atoms with Gasteiger partial charge in [0, 0.05) is 11.6 Å². The van der Waals surface area contributed by atoms with Crippen molar-refractivity contribution in [2.45, 2.75) is 11.8 Å². The Hall–Kier alpha value is -1.23. The van der Waals surface area contributed by atoms with Gasteiger partial charge in [0.25, 0.3) is 0 Å². The highest BCUT2D eigenvalue weighted by molar-refractivity contribution is 7.87. The van der Waals surface area contributed by atoms with Crippen LogP contribution in [0.3, 0.4) is 0 Å². The van der Waals surface area contributed by atoms with E-state index in [1.807, 2.05) is 0 Å². The van der Waals surface area contributed by atoms with Crippen molar-refractivity contribution in [1.82, 2.24) is 0 Å². The highest BCUT2D eigenvalue weighted by Gasteiger charge is 2.38. The summed E-state index contributed by atoms with van der Waals surface area (Å²) in [7, 11) is -3.55. The molecule has 4 nitrogen and oxygen atoms in total. The molecule has 0 spiro atoms. The van der Waals surface area contributed by atoms with Gasteiger partial charge >= 0.3 is 10.1 Å². The Kier molecular flexibility index (Phi) is 0.761. The number of hydrogen-bond acceptors (Lipinski definition) is 4. The molecule has 12 heavy (non-hydrogen) atoms. The van der Waals surface area contributed by atoms with E-state index in [0.717, 1.165) is 0 Å². The molecule has 0 radical (unpaired) electrons. The second kappa shape index (κ2) is 1.45. The average Bonchev–Trinajstić information content (AvgIpc) is 2.45. The van der Waals surface area contributed by atoms with Crippen molar-refractivity contribution in [2.75, 3.05) is 0 Å². The molecule has 3 heterocycles. The van der Waals surface area contributed by atoms with Gasteiger partial charge in [-0.15, -0.1) is 0 Å². The molecule has 5 heteroatoms. The van der Waals surface area contributed by atoms with Gasteiger partial charge in [-0.3, -0.25) is 0 Å². The van der Waals surface area contributed by atoms with Crippen molar-refractivity contribution >= 4 is 21.3 Å². The molecule has 0 aromatic carbocycles. The summed E-state index contributed by atoms with van der Waals surface area (Å²) in [5.41, 5.74) is 1.60. The summed E-state index contributed by atoms with van der Waals surface area (Å²) in [6.45, 7) is 1.71. The van der Waals surface area contributed by atoms with Gasteiger partial charge in [-0.2, -0.15) is 8.42 Å². The molecule has 1 aliphatic heterocycles. The monoisotopic (exact) mass is 184 g/mol. The van der Waals surface area contributed by atoms with Gasteiger partial charge in [0.15, 0.2) is 16.2 Å². The maximum Gasteiger partial charge on any atom is 0.343 e. The van der Waals surface area contributed by atoms with Crippen molar-refractivity contribution in [1.29, 1.82) is 0 Å². The van der Waals surface area contributed by atoms with Crippen LogP contribution < -0.4 is 4.18 Å². The van der Waals surface area contributed by atoms with Crippen molar-refractivity contribution in [3.8, 4) is 5.75 Å². The lowest BCUT2D eigenvalue weighted by atomic mass is 10.2. The van der Waals surface area contributed by atoms with Gasteiger partial charge in [-0.25, -0.2) is 0 Å². The zero-order valence-corrected chi connectivity index (χ0v) is 6.94. The maximum absolute atomic E-state index is 11.3. The number of hydrogen-bond donors (Lipinski definition) is 0. The van der Waals surface area contributed by atoms with E-state index in [9.17, 15) is 8.42 Å². The fourth-order valence-corrected chi connectivity index (χ4v) is 2.81. The van der Waals surface area contributed by atoms with Gasteiger partial charge in [-0.05, 0) is 6.92 Å². The topological polar surface area (TPSA) is 56.5 Å². The van der Waals surface area contributed by atoms with E-state index in [1.54, 1.807) is 13.0 Å². The number of rotatable bonds is 0. The maximum atomic E-state index is 11.3. The molecular weight excluding hydrogens is 180 g/mol. The van der Waals surface area contributed by atoms with Crippen LogP contribution in [0.25, 0.3) is 11.2 Å². The van der Waals surface area contributed by atoms with E-state index in [2.05, 4.69) is 4.18 Å². The number of benzene rings is 1. The van der Waals surface area contributed by atoms with Crippen LogP contribution in [0.15, 0.2) is 15.4 Å². The molecule has 0 fully saturated rings. The normalized spacial score (nSPS) is 18.8. The van der Waals surface area contributed by atoms with E-state index in [-0.39, 0.29) is 4.90 Å². The number of fused-ring (bicyclic) bond motifs is 1. The van der Waals surface area contributed by atoms with Crippen LogP contribution in [0.4, 0.5) is 0 Å². The zero-order chi connectivity index (χ0) is 8.51. The molecule has 0 N–H and O–H groups in total. The molecule has 2 bridgehead atoms. The first-order valence-corrected chi connectivity index (χ1v) is 4.80. The van der Waals surface area contributed by atoms with Crippen LogP contribution in [0.1, 0.15) is 5.56 Å². The molecule has 0 saturated heterocycles. The van der Waals surface area contributed by atoms with E-state index in [1.165, 1.54) is 0 Å². The summed E-state index contributed by atoms with van der Waals surface area (Å²) in [5.74, 6) is 0.325. The van der Waals surface area contributed by atoms with Crippen LogP contribution in [0.2, 0.25) is 0 Å². The van der Waals surface area contributed by atoms with Crippen molar-refractivity contribution in [2.24, 2.45) is 0 Å². The molecule has 0 unspecified atom stereocenters. The lowest BCUT2D eigenvalue weighted by molar-refractivity contribution is 0.498. The Balaban J connectivity index is 2.67. The second-order valence-corrected chi connectivity index (χ2v) is 4.28. The first-order valence-electron chi connectivity index (χ1n) is 3.39. The molecule has 62 valence electrons. The molecule has 3 rings (SSSR count). The molecule has 2 aromatic heterocycles. The minimum absolute atomic E-state index is 0.204. The summed E-state index contributed by atoms with van der Waals surface area (Å²) in [6, 6.07) is 1.60. The van der Waals surface area contributed by atoms with Crippen LogP contribution in [-0.2, 0) is 10.1 Å². The van der Waals surface area contributed by atoms with Crippen molar-refractivity contribution < 1.29 is 17.0 Å². The SMILES string of the molecule is Cc1c2c3oc1cc3OS2(=O)=O. The summed E-state index contributed by atoms with van der Waals surface area (Å²) >= 11 is 0. The van der Waals surface area contributed by atoms with Crippen molar-refractivity contribution in [3.63, 3.8) is 0 Å². The molecule has 1 aliphatic rings. The quantitative estimate of drug-likeness (QED) is 0.578. The summed E-state index contributed by atoms with van der Waals surface area (Å²) in [5, 5.41) is 0. The highest BCUT2D eigenvalue weighted by Crippen LogP contribution is 2.45. The van der Waals surface area contributed by atoms with E-state index in [0.29, 0.717) is 22.5 Å². The third-order valence-electron chi connectivity index (χ3n) is 2.06. The highest BCUT2D eigenvalue weighted by atomic mass is 32.2. The fraction of sp³-hybridized carbons (Fsp3) is 0.143. The van der Waals surface area contributed by atoms with Gasteiger partial charge in [0.1, 0.15) is 5.58 Å². The van der Waals surface area contributed by atoms with Gasteiger partial charge in [-0.1, -0.05) is 0 Å². The first kappa shape index (κ1) is 6.30. The fourth-order valence-electron chi connectivity index (χ4n) is 1.52. The first-order chi connectivity index (χ1) is 5.59. The lowest BCUT2D eigenvalue weighted by Crippen LogP contribution is -2.02. The summed E-state index contributed by atoms with van der Waals surface area (Å²) < 4.78 is 32.4. The molecule has 0 amide bonds. The molecule has 0 atom stereocenters. The van der Waals surface area contributed by atoms with Crippen LogP contribution >= 0.6 is 0 Å². The van der Waals surface area contributed by atoms with Crippen molar-refractivity contribution in [3.05, 3.63) is 11.6 Å². The third-order valence-corrected chi connectivity index (χ3v) is 3.45. The Morgan fingerprint density at radius 2 is 2.17 bits per heavy atom. The molecule has 2 aromatic rings. The van der Waals surface area contributed by atoms with Gasteiger partial charge < -0.3 is 8.60 Å². The number of aryl methyl sites for hydroxylation is 1. The van der Waals surface area contributed by atoms with E-state index in [4.69, 9.17) is 4.42 Å². The average molecular weight is 184 g/mol. The number of furan rings is 2. The minimum atomic E-state index is -3.55. The Morgan fingerprint density at radius 3 is 2.75 bits per heavy atom. The smallest absolute Gasteiger partial charge is 0.343 e. The Labute approximate surface area is 68.2 Å². The van der Waals surface area contributed by atoms with Gasteiger partial charge in [0.2, 0.25) is 0 Å². The predicted octanol–water partition coefficient (Wildman–Crippen LogP) is 1.26. The summed E-state index contributed by atoms with van der Waals surface area (Å²) in [6.07, 6.45) is 0. The molecular formula is C7H4O4S. The lowest BCUT2D eigenvalue weighted by Gasteiger charge is -1.91. The van der Waals surface area contributed by atoms with E-state index < -0.39 is 10.1 Å². The zero-order valence-electron chi connectivity index (χ0n) is 6.12.